The molecular weight excluding hydrogens is 310 g/mol. The van der Waals surface area contributed by atoms with Crippen LogP contribution in [0.2, 0.25) is 0 Å². The number of benzene rings is 3. The predicted octanol–water partition coefficient (Wildman–Crippen LogP) is 4.70. The molecule has 0 aromatic heterocycles. The molecule has 0 saturated carbocycles. The van der Waals surface area contributed by atoms with Gasteiger partial charge in [0.1, 0.15) is 24.0 Å². The van der Waals surface area contributed by atoms with Crippen molar-refractivity contribution in [2.75, 3.05) is 0 Å². The first-order valence-corrected chi connectivity index (χ1v) is 7.54. The number of ether oxygens (including phenoxy) is 1. The number of hydrogen-bond donors (Lipinski definition) is 1. The Bertz CT molecular complexity index is 809. The quantitative estimate of drug-likeness (QED) is 0.736. The van der Waals surface area contributed by atoms with E-state index in [-0.39, 0.29) is 11.1 Å². The van der Waals surface area contributed by atoms with Crippen molar-refractivity contribution in [2.24, 2.45) is 0 Å². The molecule has 0 heterocycles. The molecule has 0 radical (unpaired) electrons. The van der Waals surface area contributed by atoms with E-state index in [9.17, 15) is 8.78 Å². The Labute approximate surface area is 139 Å². The van der Waals surface area contributed by atoms with Gasteiger partial charge in [0.15, 0.2) is 0 Å². The lowest BCUT2D eigenvalue weighted by Crippen LogP contribution is -1.99. The average Bonchev–Trinajstić information content (AvgIpc) is 2.61. The van der Waals surface area contributed by atoms with Crippen LogP contribution in [0.25, 0.3) is 11.1 Å². The highest BCUT2D eigenvalue weighted by atomic mass is 19.1. The zero-order valence-corrected chi connectivity index (χ0v) is 12.9. The molecular formula is C20H16F2O2. The molecule has 0 atom stereocenters. The van der Waals surface area contributed by atoms with Gasteiger partial charge in [0.05, 0.1) is 12.2 Å². The molecule has 0 aliphatic rings. The van der Waals surface area contributed by atoms with Crippen molar-refractivity contribution in [1.82, 2.24) is 0 Å². The van der Waals surface area contributed by atoms with Crippen LogP contribution >= 0.6 is 0 Å². The zero-order chi connectivity index (χ0) is 16.9. The Balaban J connectivity index is 1.95. The fourth-order valence-electron chi connectivity index (χ4n) is 2.51. The summed E-state index contributed by atoms with van der Waals surface area (Å²) >= 11 is 0. The molecule has 3 aromatic rings. The van der Waals surface area contributed by atoms with Crippen LogP contribution in [0.15, 0.2) is 66.7 Å². The van der Waals surface area contributed by atoms with E-state index in [2.05, 4.69) is 0 Å². The van der Waals surface area contributed by atoms with E-state index in [1.54, 1.807) is 24.3 Å². The van der Waals surface area contributed by atoms with Crippen molar-refractivity contribution < 1.29 is 18.6 Å². The smallest absolute Gasteiger partial charge is 0.134 e. The highest BCUT2D eigenvalue weighted by molar-refractivity contribution is 5.71. The highest BCUT2D eigenvalue weighted by Crippen LogP contribution is 2.34. The third-order valence-electron chi connectivity index (χ3n) is 3.68. The molecule has 122 valence electrons. The molecule has 1 N–H and O–H groups in total. The van der Waals surface area contributed by atoms with E-state index in [0.717, 1.165) is 17.7 Å². The number of hydrogen-bond acceptors (Lipinski definition) is 2. The maximum absolute atomic E-state index is 14.3. The van der Waals surface area contributed by atoms with Crippen LogP contribution in [0.3, 0.4) is 0 Å². The Morgan fingerprint density at radius 3 is 2.08 bits per heavy atom. The number of rotatable bonds is 5. The van der Waals surface area contributed by atoms with Gasteiger partial charge in [0.25, 0.3) is 0 Å². The van der Waals surface area contributed by atoms with Gasteiger partial charge in [-0.3, -0.25) is 0 Å². The summed E-state index contributed by atoms with van der Waals surface area (Å²) in [5, 5.41) is 9.05. The van der Waals surface area contributed by atoms with E-state index in [1.807, 2.05) is 30.3 Å². The van der Waals surface area contributed by atoms with Crippen LogP contribution in [0.1, 0.15) is 11.1 Å². The number of halogens is 2. The molecule has 2 nitrogen and oxygen atoms in total. The van der Waals surface area contributed by atoms with Crippen molar-refractivity contribution in [3.05, 3.63) is 89.5 Å². The predicted molar refractivity (Wildman–Crippen MR) is 88.5 cm³/mol. The number of aliphatic hydroxyl groups excluding tert-OH is 1. The maximum Gasteiger partial charge on any atom is 0.134 e. The highest BCUT2D eigenvalue weighted by Gasteiger charge is 2.17. The molecule has 0 fully saturated rings. The largest absolute Gasteiger partial charge is 0.488 e. The summed E-state index contributed by atoms with van der Waals surface area (Å²) < 4.78 is 34.4. The summed E-state index contributed by atoms with van der Waals surface area (Å²) in [6.07, 6.45) is 0. The van der Waals surface area contributed by atoms with Gasteiger partial charge in [0, 0.05) is 5.56 Å². The van der Waals surface area contributed by atoms with Gasteiger partial charge in [-0.1, -0.05) is 48.5 Å². The monoisotopic (exact) mass is 326 g/mol. The summed E-state index contributed by atoms with van der Waals surface area (Å²) in [6, 6.07) is 18.5. The summed E-state index contributed by atoms with van der Waals surface area (Å²) in [5.41, 5.74) is 1.34. The second-order valence-electron chi connectivity index (χ2n) is 5.36. The normalized spacial score (nSPS) is 10.6. The fraction of sp³-hybridized carbons (Fsp3) is 0.100. The maximum atomic E-state index is 14.3. The number of para-hydroxylation sites is 1. The molecule has 0 unspecified atom stereocenters. The first-order valence-electron chi connectivity index (χ1n) is 7.54. The van der Waals surface area contributed by atoms with Gasteiger partial charge in [-0.05, 0) is 29.3 Å². The number of aliphatic hydroxyl groups is 1. The lowest BCUT2D eigenvalue weighted by Gasteiger charge is -2.13. The summed E-state index contributed by atoms with van der Waals surface area (Å²) in [7, 11) is 0. The van der Waals surface area contributed by atoms with Gasteiger partial charge < -0.3 is 9.84 Å². The van der Waals surface area contributed by atoms with Crippen LogP contribution in [0, 0.1) is 11.6 Å². The van der Waals surface area contributed by atoms with Crippen LogP contribution in [-0.2, 0) is 13.2 Å². The summed E-state index contributed by atoms with van der Waals surface area (Å²) in [6.45, 7) is -0.115. The Morgan fingerprint density at radius 1 is 0.792 bits per heavy atom. The van der Waals surface area contributed by atoms with Gasteiger partial charge in [0.2, 0.25) is 0 Å². The molecule has 0 amide bonds. The minimum Gasteiger partial charge on any atom is -0.488 e. The first-order chi connectivity index (χ1) is 11.7. The van der Waals surface area contributed by atoms with E-state index in [1.165, 1.54) is 0 Å². The van der Waals surface area contributed by atoms with Crippen LogP contribution in [-0.4, -0.2) is 5.11 Å². The summed E-state index contributed by atoms with van der Waals surface area (Å²) in [4.78, 5) is 0. The molecule has 0 spiro atoms. The van der Waals surface area contributed by atoms with Crippen LogP contribution in [0.5, 0.6) is 5.75 Å². The second kappa shape index (κ2) is 7.23. The Kier molecular flexibility index (Phi) is 4.87. The van der Waals surface area contributed by atoms with E-state index >= 15 is 0 Å². The molecule has 0 bridgehead atoms. The van der Waals surface area contributed by atoms with Gasteiger partial charge in [-0.2, -0.15) is 0 Å². The topological polar surface area (TPSA) is 29.5 Å². The van der Waals surface area contributed by atoms with E-state index < -0.39 is 18.2 Å². The second-order valence-corrected chi connectivity index (χ2v) is 5.36. The van der Waals surface area contributed by atoms with Gasteiger partial charge in [-0.25, -0.2) is 8.78 Å². The van der Waals surface area contributed by atoms with Crippen molar-refractivity contribution in [2.45, 2.75) is 13.2 Å². The SMILES string of the molecule is OCc1cc(F)c(-c2ccccc2OCc2ccccc2)c(F)c1. The summed E-state index contributed by atoms with van der Waals surface area (Å²) in [5.74, 6) is -1.06. The molecule has 0 aliphatic carbocycles. The van der Waals surface area contributed by atoms with Crippen LogP contribution < -0.4 is 4.74 Å². The molecule has 0 aliphatic heterocycles. The Morgan fingerprint density at radius 2 is 1.42 bits per heavy atom. The lowest BCUT2D eigenvalue weighted by molar-refractivity contribution is 0.280. The average molecular weight is 326 g/mol. The third-order valence-corrected chi connectivity index (χ3v) is 3.68. The lowest BCUT2D eigenvalue weighted by atomic mass is 10.0. The van der Waals surface area contributed by atoms with Crippen molar-refractivity contribution in [3.63, 3.8) is 0 Å². The first kappa shape index (κ1) is 16.1. The molecule has 4 heteroatoms. The Hall–Kier alpha value is -2.72. The van der Waals surface area contributed by atoms with Crippen molar-refractivity contribution >= 4 is 0 Å². The van der Waals surface area contributed by atoms with Gasteiger partial charge in [-0.15, -0.1) is 0 Å². The minimum absolute atomic E-state index is 0.157. The molecule has 24 heavy (non-hydrogen) atoms. The van der Waals surface area contributed by atoms with Crippen molar-refractivity contribution in [1.29, 1.82) is 0 Å². The van der Waals surface area contributed by atoms with Crippen LogP contribution in [0.4, 0.5) is 8.78 Å². The third kappa shape index (κ3) is 3.44. The van der Waals surface area contributed by atoms with E-state index in [0.29, 0.717) is 17.9 Å². The molecule has 3 rings (SSSR count). The fourth-order valence-corrected chi connectivity index (χ4v) is 2.51. The van der Waals surface area contributed by atoms with E-state index in [4.69, 9.17) is 9.84 Å². The van der Waals surface area contributed by atoms with Crippen molar-refractivity contribution in [3.8, 4) is 16.9 Å². The zero-order valence-electron chi connectivity index (χ0n) is 12.9. The molecule has 0 saturated heterocycles. The molecule has 3 aromatic carbocycles. The van der Waals surface area contributed by atoms with Gasteiger partial charge >= 0.3 is 0 Å². The standard InChI is InChI=1S/C20H16F2O2/c21-17-10-15(12-23)11-18(22)20(17)16-8-4-5-9-19(16)24-13-14-6-2-1-3-7-14/h1-11,23H,12-13H2. The minimum atomic E-state index is -0.727.